The largest absolute Gasteiger partial charge is 0.395 e. The van der Waals surface area contributed by atoms with Gasteiger partial charge in [0.05, 0.1) is 6.61 Å². The molecule has 3 nitrogen and oxygen atoms in total. The number of nitrogens with zero attached hydrogens (tertiary/aromatic N) is 1. The van der Waals surface area contributed by atoms with Crippen LogP contribution >= 0.6 is 0 Å². The van der Waals surface area contributed by atoms with Gasteiger partial charge in [0.25, 0.3) is 0 Å². The second-order valence-electron chi connectivity index (χ2n) is 5.85. The van der Waals surface area contributed by atoms with E-state index in [1.165, 1.54) is 21.8 Å². The first-order valence-corrected chi connectivity index (χ1v) is 7.53. The van der Waals surface area contributed by atoms with E-state index in [9.17, 15) is 5.11 Å². The van der Waals surface area contributed by atoms with E-state index in [1.807, 2.05) is 0 Å². The molecule has 3 aromatic rings. The van der Waals surface area contributed by atoms with Gasteiger partial charge in [-0.05, 0) is 12.1 Å². The van der Waals surface area contributed by atoms with Crippen LogP contribution in [0, 0.1) is 0 Å². The van der Waals surface area contributed by atoms with Crippen LogP contribution in [0.4, 0.5) is 0 Å². The fourth-order valence-corrected chi connectivity index (χ4v) is 3.05. The van der Waals surface area contributed by atoms with Crippen molar-refractivity contribution < 1.29 is 5.11 Å². The van der Waals surface area contributed by atoms with E-state index < -0.39 is 0 Å². The zero-order valence-electron chi connectivity index (χ0n) is 12.6. The summed E-state index contributed by atoms with van der Waals surface area (Å²) >= 11 is 0. The maximum Gasteiger partial charge on any atom is 0.0602 e. The molecule has 1 aromatic heterocycles. The van der Waals surface area contributed by atoms with Crippen LogP contribution in [0.25, 0.3) is 21.8 Å². The van der Waals surface area contributed by atoms with Crippen molar-refractivity contribution in [1.82, 2.24) is 9.88 Å². The summed E-state index contributed by atoms with van der Waals surface area (Å²) in [5.74, 6) is 0. The van der Waals surface area contributed by atoms with Crippen LogP contribution in [0.2, 0.25) is 0 Å². The third kappa shape index (κ3) is 2.67. The minimum atomic E-state index is 0.0595. The lowest BCUT2D eigenvalue weighted by Gasteiger charge is -2.21. The predicted octanol–water partition coefficient (Wildman–Crippen LogP) is 3.15. The van der Waals surface area contributed by atoms with Crippen LogP contribution in [0.5, 0.6) is 0 Å². The number of aromatic nitrogens is 1. The van der Waals surface area contributed by atoms with E-state index in [-0.39, 0.29) is 12.6 Å². The van der Waals surface area contributed by atoms with E-state index in [4.69, 9.17) is 0 Å². The Morgan fingerprint density at radius 3 is 1.95 bits per heavy atom. The van der Waals surface area contributed by atoms with Crippen molar-refractivity contribution in [1.29, 1.82) is 0 Å². The van der Waals surface area contributed by atoms with Crippen molar-refractivity contribution >= 4 is 21.8 Å². The molecule has 1 atom stereocenters. The standard InChI is InChI=1S/C18H22N2O/c1-13(2)19-14(12-21)11-20-17-9-5-3-7-15(17)16-8-4-6-10-18(16)20/h3-10,13-14,19,21H,11-12H2,1-2H3. The molecule has 3 rings (SSSR count). The van der Waals surface area contributed by atoms with Crippen LogP contribution in [0.1, 0.15) is 13.8 Å². The van der Waals surface area contributed by atoms with Crippen molar-refractivity contribution in [3.63, 3.8) is 0 Å². The highest BCUT2D eigenvalue weighted by molar-refractivity contribution is 6.07. The molecule has 0 aliphatic heterocycles. The minimum Gasteiger partial charge on any atom is -0.395 e. The second kappa shape index (κ2) is 5.88. The Morgan fingerprint density at radius 1 is 0.952 bits per heavy atom. The van der Waals surface area contributed by atoms with Crippen LogP contribution in [0.3, 0.4) is 0 Å². The topological polar surface area (TPSA) is 37.2 Å². The SMILES string of the molecule is CC(C)NC(CO)Cn1c2ccccc2c2ccccc21. The molecule has 3 heteroatoms. The van der Waals surface area contributed by atoms with Crippen LogP contribution in [-0.2, 0) is 6.54 Å². The number of fused-ring (bicyclic) bond motifs is 3. The molecule has 0 bridgehead atoms. The normalized spacial score (nSPS) is 13.3. The van der Waals surface area contributed by atoms with Crippen molar-refractivity contribution in [2.24, 2.45) is 0 Å². The van der Waals surface area contributed by atoms with Gasteiger partial charge in [-0.1, -0.05) is 50.2 Å². The molecule has 2 N–H and O–H groups in total. The number of aliphatic hydroxyl groups excluding tert-OH is 1. The van der Waals surface area contributed by atoms with Crippen LogP contribution < -0.4 is 5.32 Å². The van der Waals surface area contributed by atoms with E-state index >= 15 is 0 Å². The summed E-state index contributed by atoms with van der Waals surface area (Å²) in [7, 11) is 0. The number of aliphatic hydroxyl groups is 1. The molecule has 110 valence electrons. The molecule has 2 aromatic carbocycles. The van der Waals surface area contributed by atoms with E-state index in [0.717, 1.165) is 6.54 Å². The minimum absolute atomic E-state index is 0.0595. The molecule has 0 spiro atoms. The number of hydrogen-bond acceptors (Lipinski definition) is 2. The van der Waals surface area contributed by atoms with Crippen molar-refractivity contribution in [3.05, 3.63) is 48.5 Å². The van der Waals surface area contributed by atoms with Crippen molar-refractivity contribution in [2.75, 3.05) is 6.61 Å². The highest BCUT2D eigenvalue weighted by Crippen LogP contribution is 2.28. The highest BCUT2D eigenvalue weighted by Gasteiger charge is 2.14. The smallest absolute Gasteiger partial charge is 0.0602 e. The van der Waals surface area contributed by atoms with Gasteiger partial charge in [0.15, 0.2) is 0 Å². The Morgan fingerprint density at radius 2 is 1.48 bits per heavy atom. The average Bonchev–Trinajstić information content (AvgIpc) is 2.81. The summed E-state index contributed by atoms with van der Waals surface area (Å²) in [5, 5.41) is 15.6. The number of hydrogen-bond donors (Lipinski definition) is 2. The molecule has 1 unspecified atom stereocenters. The van der Waals surface area contributed by atoms with E-state index in [1.54, 1.807) is 0 Å². The van der Waals surface area contributed by atoms with Gasteiger partial charge in [0.1, 0.15) is 0 Å². The average molecular weight is 282 g/mol. The Kier molecular flexibility index (Phi) is 3.95. The summed E-state index contributed by atoms with van der Waals surface area (Å²) in [6, 6.07) is 17.3. The Labute approximate surface area is 125 Å². The number of rotatable bonds is 5. The fourth-order valence-electron chi connectivity index (χ4n) is 3.05. The summed E-state index contributed by atoms with van der Waals surface area (Å²) in [5.41, 5.74) is 2.45. The summed E-state index contributed by atoms with van der Waals surface area (Å²) in [4.78, 5) is 0. The maximum atomic E-state index is 9.64. The number of nitrogens with one attached hydrogen (secondary N) is 1. The van der Waals surface area contributed by atoms with Crippen LogP contribution in [-0.4, -0.2) is 28.4 Å². The van der Waals surface area contributed by atoms with E-state index in [2.05, 4.69) is 72.3 Å². The molecule has 0 amide bonds. The first-order chi connectivity index (χ1) is 10.2. The van der Waals surface area contributed by atoms with Gasteiger partial charge < -0.3 is 15.0 Å². The third-order valence-corrected chi connectivity index (χ3v) is 3.87. The van der Waals surface area contributed by atoms with Gasteiger partial charge in [-0.2, -0.15) is 0 Å². The van der Waals surface area contributed by atoms with Gasteiger partial charge in [0, 0.05) is 40.4 Å². The molecular formula is C18H22N2O. The van der Waals surface area contributed by atoms with Gasteiger partial charge in [0.2, 0.25) is 0 Å². The molecule has 0 fully saturated rings. The lowest BCUT2D eigenvalue weighted by atomic mass is 10.2. The first kappa shape index (κ1) is 14.1. The molecular weight excluding hydrogens is 260 g/mol. The second-order valence-corrected chi connectivity index (χ2v) is 5.85. The van der Waals surface area contributed by atoms with Crippen molar-refractivity contribution in [3.8, 4) is 0 Å². The zero-order chi connectivity index (χ0) is 14.8. The zero-order valence-corrected chi connectivity index (χ0v) is 12.6. The summed E-state index contributed by atoms with van der Waals surface area (Å²) in [6.45, 7) is 5.12. The molecule has 0 aliphatic carbocycles. The van der Waals surface area contributed by atoms with Crippen molar-refractivity contribution in [2.45, 2.75) is 32.5 Å². The monoisotopic (exact) mass is 282 g/mol. The predicted molar refractivity (Wildman–Crippen MR) is 88.6 cm³/mol. The molecule has 0 radical (unpaired) electrons. The Bertz CT molecular complexity index is 692. The Hall–Kier alpha value is -1.84. The summed E-state index contributed by atoms with van der Waals surface area (Å²) in [6.07, 6.45) is 0. The van der Waals surface area contributed by atoms with Gasteiger partial charge >= 0.3 is 0 Å². The lowest BCUT2D eigenvalue weighted by molar-refractivity contribution is 0.223. The molecule has 21 heavy (non-hydrogen) atoms. The van der Waals surface area contributed by atoms with Gasteiger partial charge in [-0.15, -0.1) is 0 Å². The fraction of sp³-hybridized carbons (Fsp3) is 0.333. The molecule has 1 heterocycles. The molecule has 0 saturated carbocycles. The molecule has 0 aliphatic rings. The molecule has 0 saturated heterocycles. The van der Waals surface area contributed by atoms with Gasteiger partial charge in [-0.25, -0.2) is 0 Å². The van der Waals surface area contributed by atoms with E-state index in [0.29, 0.717) is 6.04 Å². The quantitative estimate of drug-likeness (QED) is 0.754. The number of benzene rings is 2. The Balaban J connectivity index is 2.11. The van der Waals surface area contributed by atoms with Gasteiger partial charge in [-0.3, -0.25) is 0 Å². The highest BCUT2D eigenvalue weighted by atomic mass is 16.3. The number of para-hydroxylation sites is 2. The summed E-state index contributed by atoms with van der Waals surface area (Å²) < 4.78 is 2.31. The first-order valence-electron chi connectivity index (χ1n) is 7.53. The van der Waals surface area contributed by atoms with Crippen LogP contribution in [0.15, 0.2) is 48.5 Å². The lowest BCUT2D eigenvalue weighted by Crippen LogP contribution is -2.40. The third-order valence-electron chi connectivity index (χ3n) is 3.87. The maximum absolute atomic E-state index is 9.64.